The first-order chi connectivity index (χ1) is 4.18. The summed E-state index contributed by atoms with van der Waals surface area (Å²) in [5.41, 5.74) is 0. The Morgan fingerprint density at radius 2 is 2.40 bits per heavy atom. The van der Waals surface area contributed by atoms with Gasteiger partial charge in [0.2, 0.25) is 0 Å². The molecule has 3 nitrogen and oxygen atoms in total. The van der Waals surface area contributed by atoms with E-state index in [1.54, 1.807) is 6.92 Å². The summed E-state index contributed by atoms with van der Waals surface area (Å²) in [5, 5.41) is 10.9. The highest BCUT2D eigenvalue weighted by Gasteiger charge is 2.06. The number of nitrogens with one attached hydrogen (secondary N) is 1. The minimum atomic E-state index is -0.884. The first-order valence-electron chi connectivity index (χ1n) is 2.58. The Balaban J connectivity index is 0. The van der Waals surface area contributed by atoms with Crippen LogP contribution < -0.4 is 5.32 Å². The summed E-state index contributed by atoms with van der Waals surface area (Å²) in [6, 6.07) is -0.555. The summed E-state index contributed by atoms with van der Waals surface area (Å²) in [6.07, 6.45) is 4.87. The number of halogens is 1. The normalized spacial score (nSPS) is 10.8. The average Bonchev–Trinajstić information content (AvgIpc) is 1.82. The van der Waals surface area contributed by atoms with Gasteiger partial charge in [0.05, 0.1) is 6.54 Å². The summed E-state index contributed by atoms with van der Waals surface area (Å²) in [4.78, 5) is 10.1. The van der Waals surface area contributed by atoms with Gasteiger partial charge >= 0.3 is 5.97 Å². The highest BCUT2D eigenvalue weighted by atomic mass is 35.5. The van der Waals surface area contributed by atoms with Crippen LogP contribution in [0.1, 0.15) is 6.92 Å². The molecule has 10 heavy (non-hydrogen) atoms. The van der Waals surface area contributed by atoms with Gasteiger partial charge in [-0.1, -0.05) is 5.92 Å². The highest BCUT2D eigenvalue weighted by molar-refractivity contribution is 5.85. The predicted molar refractivity (Wildman–Crippen MR) is 41.2 cm³/mol. The molecule has 0 bridgehead atoms. The van der Waals surface area contributed by atoms with Crippen LogP contribution in [0.25, 0.3) is 0 Å². The number of rotatable bonds is 3. The Morgan fingerprint density at radius 1 is 1.90 bits per heavy atom. The third-order valence-corrected chi connectivity index (χ3v) is 0.881. The lowest BCUT2D eigenvalue weighted by atomic mass is 10.3. The average molecular weight is 164 g/mol. The van der Waals surface area contributed by atoms with Crippen molar-refractivity contribution in [2.45, 2.75) is 13.0 Å². The Hall–Kier alpha value is -0.720. The number of terminal acetylenes is 1. The predicted octanol–water partition coefficient (Wildman–Crippen LogP) is 0.104. The molecule has 1 atom stereocenters. The van der Waals surface area contributed by atoms with Crippen LogP contribution >= 0.6 is 12.4 Å². The van der Waals surface area contributed by atoms with Gasteiger partial charge in [-0.15, -0.1) is 18.8 Å². The standard InChI is InChI=1S/C6H9NO2.ClH/c1-3-4-7-5(2)6(8)9;/h1,5,7H,4H2,2H3,(H,8,9);1H/t5-;/m0./s1. The van der Waals surface area contributed by atoms with E-state index in [1.165, 1.54) is 0 Å². The molecule has 0 aliphatic carbocycles. The topological polar surface area (TPSA) is 49.3 Å². The van der Waals surface area contributed by atoms with Crippen molar-refractivity contribution in [2.24, 2.45) is 0 Å². The molecule has 0 aliphatic heterocycles. The molecule has 0 rings (SSSR count). The van der Waals surface area contributed by atoms with E-state index in [0.717, 1.165) is 0 Å². The molecule has 0 saturated carbocycles. The van der Waals surface area contributed by atoms with Gasteiger partial charge in [0.1, 0.15) is 6.04 Å². The zero-order valence-electron chi connectivity index (χ0n) is 5.63. The van der Waals surface area contributed by atoms with Gasteiger partial charge in [0.25, 0.3) is 0 Å². The number of carboxylic acid groups (broad SMARTS) is 1. The third-order valence-electron chi connectivity index (χ3n) is 0.881. The lowest BCUT2D eigenvalue weighted by molar-refractivity contribution is -0.138. The summed E-state index contributed by atoms with van der Waals surface area (Å²) >= 11 is 0. The molecule has 4 heteroatoms. The first kappa shape index (κ1) is 12.0. The van der Waals surface area contributed by atoms with Gasteiger partial charge in [-0.25, -0.2) is 0 Å². The minimum absolute atomic E-state index is 0. The van der Waals surface area contributed by atoms with Gasteiger partial charge in [0, 0.05) is 0 Å². The lowest BCUT2D eigenvalue weighted by Gasteiger charge is -2.03. The largest absolute Gasteiger partial charge is 0.480 e. The van der Waals surface area contributed by atoms with Crippen molar-refractivity contribution in [2.75, 3.05) is 6.54 Å². The molecule has 2 N–H and O–H groups in total. The Morgan fingerprint density at radius 3 is 2.70 bits per heavy atom. The van der Waals surface area contributed by atoms with Crippen LogP contribution in [-0.2, 0) is 4.79 Å². The van der Waals surface area contributed by atoms with Crippen LogP contribution in [0.5, 0.6) is 0 Å². The van der Waals surface area contributed by atoms with Gasteiger partial charge < -0.3 is 5.11 Å². The van der Waals surface area contributed by atoms with Crippen LogP contribution in [0.4, 0.5) is 0 Å². The minimum Gasteiger partial charge on any atom is -0.480 e. The third kappa shape index (κ3) is 5.42. The SMILES string of the molecule is C#CCN[C@@H](C)C(=O)O.Cl. The number of carboxylic acids is 1. The van der Waals surface area contributed by atoms with Crippen molar-refractivity contribution in [1.82, 2.24) is 5.32 Å². The highest BCUT2D eigenvalue weighted by Crippen LogP contribution is 1.77. The van der Waals surface area contributed by atoms with E-state index in [-0.39, 0.29) is 12.4 Å². The smallest absolute Gasteiger partial charge is 0.320 e. The molecule has 58 valence electrons. The van der Waals surface area contributed by atoms with E-state index < -0.39 is 12.0 Å². The molecule has 0 aliphatic rings. The molecule has 0 heterocycles. The molecule has 0 aromatic carbocycles. The monoisotopic (exact) mass is 163 g/mol. The van der Waals surface area contributed by atoms with Crippen molar-refractivity contribution in [3.63, 3.8) is 0 Å². The van der Waals surface area contributed by atoms with E-state index in [4.69, 9.17) is 11.5 Å². The number of hydrogen-bond acceptors (Lipinski definition) is 2. The summed E-state index contributed by atoms with van der Waals surface area (Å²) in [5.74, 6) is 1.40. The summed E-state index contributed by atoms with van der Waals surface area (Å²) in [7, 11) is 0. The fourth-order valence-electron chi connectivity index (χ4n) is 0.299. The molecule has 0 aromatic rings. The second-order valence-electron chi connectivity index (χ2n) is 1.64. The Labute approximate surface area is 66.2 Å². The number of hydrogen-bond donors (Lipinski definition) is 2. The zero-order chi connectivity index (χ0) is 7.28. The fraction of sp³-hybridized carbons (Fsp3) is 0.500. The summed E-state index contributed by atoms with van der Waals surface area (Å²) < 4.78 is 0. The fourth-order valence-corrected chi connectivity index (χ4v) is 0.299. The van der Waals surface area contributed by atoms with Crippen LogP contribution in [0.2, 0.25) is 0 Å². The molecule has 0 unspecified atom stereocenters. The molecule has 0 saturated heterocycles. The molecule has 0 fully saturated rings. The first-order valence-corrected chi connectivity index (χ1v) is 2.58. The van der Waals surface area contributed by atoms with E-state index >= 15 is 0 Å². The maximum Gasteiger partial charge on any atom is 0.320 e. The van der Waals surface area contributed by atoms with Crippen molar-refractivity contribution in [3.05, 3.63) is 0 Å². The maximum absolute atomic E-state index is 10.1. The Bertz CT molecular complexity index is 141. The molecular formula is C6H10ClNO2. The van der Waals surface area contributed by atoms with Gasteiger partial charge in [-0.05, 0) is 6.92 Å². The molecule has 0 aromatic heterocycles. The van der Waals surface area contributed by atoms with Crippen molar-refractivity contribution >= 4 is 18.4 Å². The Kier molecular flexibility index (Phi) is 7.68. The van der Waals surface area contributed by atoms with E-state index in [2.05, 4.69) is 11.2 Å². The van der Waals surface area contributed by atoms with Gasteiger partial charge in [0.15, 0.2) is 0 Å². The van der Waals surface area contributed by atoms with Crippen LogP contribution in [0.15, 0.2) is 0 Å². The van der Waals surface area contributed by atoms with E-state index in [0.29, 0.717) is 6.54 Å². The van der Waals surface area contributed by atoms with Crippen LogP contribution in [-0.4, -0.2) is 23.7 Å². The second kappa shape index (κ2) is 6.40. The molecule has 0 radical (unpaired) electrons. The quantitative estimate of drug-likeness (QED) is 0.581. The number of aliphatic carboxylic acids is 1. The van der Waals surface area contributed by atoms with E-state index in [1.807, 2.05) is 0 Å². The van der Waals surface area contributed by atoms with Crippen LogP contribution in [0, 0.1) is 12.3 Å². The van der Waals surface area contributed by atoms with E-state index in [9.17, 15) is 4.79 Å². The second-order valence-corrected chi connectivity index (χ2v) is 1.64. The lowest BCUT2D eigenvalue weighted by Crippen LogP contribution is -2.33. The van der Waals surface area contributed by atoms with Gasteiger partial charge in [-0.2, -0.15) is 0 Å². The van der Waals surface area contributed by atoms with Crippen molar-refractivity contribution < 1.29 is 9.90 Å². The van der Waals surface area contributed by atoms with Crippen molar-refractivity contribution in [3.8, 4) is 12.3 Å². The maximum atomic E-state index is 10.1. The molecule has 0 amide bonds. The van der Waals surface area contributed by atoms with Crippen molar-refractivity contribution in [1.29, 1.82) is 0 Å². The van der Waals surface area contributed by atoms with Crippen LogP contribution in [0.3, 0.4) is 0 Å². The zero-order valence-corrected chi connectivity index (χ0v) is 6.44. The molecule has 0 spiro atoms. The van der Waals surface area contributed by atoms with Gasteiger partial charge in [-0.3, -0.25) is 10.1 Å². The molecular weight excluding hydrogens is 154 g/mol. The number of carbonyl (C=O) groups is 1. The summed E-state index contributed by atoms with van der Waals surface area (Å²) in [6.45, 7) is 1.84.